The van der Waals surface area contributed by atoms with E-state index in [0.29, 0.717) is 18.0 Å². The summed E-state index contributed by atoms with van der Waals surface area (Å²) < 4.78 is 26.4. The van der Waals surface area contributed by atoms with Crippen LogP contribution in [0.1, 0.15) is 16.7 Å². The van der Waals surface area contributed by atoms with Crippen LogP contribution in [-0.2, 0) is 10.0 Å². The van der Waals surface area contributed by atoms with Crippen molar-refractivity contribution < 1.29 is 8.42 Å². The lowest BCUT2D eigenvalue weighted by Crippen LogP contribution is -2.29. The summed E-state index contributed by atoms with van der Waals surface area (Å²) in [6.07, 6.45) is 3.77. The van der Waals surface area contributed by atoms with Gasteiger partial charge < -0.3 is 0 Å². The Kier molecular flexibility index (Phi) is 3.10. The molecule has 0 aromatic heterocycles. The molecular weight excluding hydrogens is 234 g/mol. The number of nitrogens with zero attached hydrogens (tertiary/aromatic N) is 1. The second kappa shape index (κ2) is 4.27. The molecule has 92 valence electrons. The van der Waals surface area contributed by atoms with Crippen LogP contribution in [0, 0.1) is 20.8 Å². The summed E-state index contributed by atoms with van der Waals surface area (Å²) >= 11 is 0. The van der Waals surface area contributed by atoms with Crippen molar-refractivity contribution in [2.45, 2.75) is 25.7 Å². The SMILES string of the molecule is Cc1cc(C)c(S(=O)(=O)N2CC=CC2)c(C)c1. The first kappa shape index (κ1) is 12.3. The van der Waals surface area contributed by atoms with Crippen LogP contribution < -0.4 is 0 Å². The molecule has 0 saturated heterocycles. The summed E-state index contributed by atoms with van der Waals surface area (Å²) in [5.74, 6) is 0. The molecule has 0 spiro atoms. The summed E-state index contributed by atoms with van der Waals surface area (Å²) in [5, 5.41) is 0. The van der Waals surface area contributed by atoms with Crippen LogP contribution in [0.5, 0.6) is 0 Å². The maximum absolute atomic E-state index is 12.5. The summed E-state index contributed by atoms with van der Waals surface area (Å²) in [4.78, 5) is 0.465. The minimum absolute atomic E-state index is 0.465. The minimum Gasteiger partial charge on any atom is -0.207 e. The predicted octanol–water partition coefficient (Wildman–Crippen LogP) is 2.17. The zero-order valence-electron chi connectivity index (χ0n) is 10.4. The van der Waals surface area contributed by atoms with Crippen molar-refractivity contribution in [2.24, 2.45) is 0 Å². The van der Waals surface area contributed by atoms with Gasteiger partial charge in [-0.1, -0.05) is 29.8 Å². The molecule has 0 fully saturated rings. The van der Waals surface area contributed by atoms with E-state index >= 15 is 0 Å². The van der Waals surface area contributed by atoms with Gasteiger partial charge in [0.15, 0.2) is 0 Å². The summed E-state index contributed by atoms with van der Waals surface area (Å²) in [6, 6.07) is 3.84. The highest BCUT2D eigenvalue weighted by Crippen LogP contribution is 2.26. The van der Waals surface area contributed by atoms with E-state index < -0.39 is 10.0 Å². The van der Waals surface area contributed by atoms with E-state index in [4.69, 9.17) is 0 Å². The van der Waals surface area contributed by atoms with Crippen LogP contribution in [0.4, 0.5) is 0 Å². The molecule has 3 nitrogen and oxygen atoms in total. The van der Waals surface area contributed by atoms with E-state index in [1.54, 1.807) is 0 Å². The first-order valence-electron chi connectivity index (χ1n) is 5.66. The summed E-state index contributed by atoms with van der Waals surface area (Å²) in [7, 11) is -3.35. The Hall–Kier alpha value is -1.13. The Morgan fingerprint density at radius 2 is 1.47 bits per heavy atom. The summed E-state index contributed by atoms with van der Waals surface area (Å²) in [6.45, 7) is 6.66. The monoisotopic (exact) mass is 251 g/mol. The van der Waals surface area contributed by atoms with Crippen LogP contribution >= 0.6 is 0 Å². The maximum Gasteiger partial charge on any atom is 0.244 e. The highest BCUT2D eigenvalue weighted by atomic mass is 32.2. The first-order chi connectivity index (χ1) is 7.93. The molecule has 0 bridgehead atoms. The Bertz CT molecular complexity index is 542. The molecule has 1 heterocycles. The molecule has 0 unspecified atom stereocenters. The molecule has 17 heavy (non-hydrogen) atoms. The van der Waals surface area contributed by atoms with Crippen molar-refractivity contribution >= 4 is 10.0 Å². The van der Waals surface area contributed by atoms with Crippen molar-refractivity contribution in [2.75, 3.05) is 13.1 Å². The molecule has 0 saturated carbocycles. The molecule has 2 rings (SSSR count). The number of aryl methyl sites for hydroxylation is 3. The Labute approximate surface area is 103 Å². The molecule has 0 amide bonds. The Balaban J connectivity index is 2.53. The number of rotatable bonds is 2. The zero-order valence-corrected chi connectivity index (χ0v) is 11.2. The average Bonchev–Trinajstić information content (AvgIpc) is 2.67. The van der Waals surface area contributed by atoms with Gasteiger partial charge in [0.05, 0.1) is 4.90 Å². The fourth-order valence-corrected chi connectivity index (χ4v) is 4.11. The molecule has 0 radical (unpaired) electrons. The van der Waals surface area contributed by atoms with E-state index in [-0.39, 0.29) is 0 Å². The first-order valence-corrected chi connectivity index (χ1v) is 7.10. The van der Waals surface area contributed by atoms with Crippen LogP contribution in [0.25, 0.3) is 0 Å². The van der Waals surface area contributed by atoms with E-state index in [2.05, 4.69) is 0 Å². The van der Waals surface area contributed by atoms with Crippen LogP contribution in [0.3, 0.4) is 0 Å². The van der Waals surface area contributed by atoms with Crippen molar-refractivity contribution in [1.82, 2.24) is 4.31 Å². The van der Waals surface area contributed by atoms with Crippen molar-refractivity contribution in [3.05, 3.63) is 41.0 Å². The van der Waals surface area contributed by atoms with E-state index in [9.17, 15) is 8.42 Å². The van der Waals surface area contributed by atoms with Crippen molar-refractivity contribution in [1.29, 1.82) is 0 Å². The maximum atomic E-state index is 12.5. The quantitative estimate of drug-likeness (QED) is 0.755. The highest BCUT2D eigenvalue weighted by Gasteiger charge is 2.27. The number of sulfonamides is 1. The highest BCUT2D eigenvalue weighted by molar-refractivity contribution is 7.89. The molecule has 1 aliphatic heterocycles. The van der Waals surface area contributed by atoms with Gasteiger partial charge in [-0.2, -0.15) is 4.31 Å². The van der Waals surface area contributed by atoms with Crippen LogP contribution in [-0.4, -0.2) is 25.8 Å². The van der Waals surface area contributed by atoms with Gasteiger partial charge in [-0.25, -0.2) is 8.42 Å². The normalized spacial score (nSPS) is 16.6. The van der Waals surface area contributed by atoms with Gasteiger partial charge in [0.25, 0.3) is 0 Å². The summed E-state index contributed by atoms with van der Waals surface area (Å²) in [5.41, 5.74) is 2.75. The van der Waals surface area contributed by atoms with Crippen molar-refractivity contribution in [3.63, 3.8) is 0 Å². The molecule has 0 atom stereocenters. The van der Waals surface area contributed by atoms with Gasteiger partial charge in [-0.3, -0.25) is 0 Å². The molecule has 1 aromatic rings. The van der Waals surface area contributed by atoms with Gasteiger partial charge >= 0.3 is 0 Å². The molecule has 1 aliphatic rings. The molecule has 0 N–H and O–H groups in total. The van der Waals surface area contributed by atoms with Gasteiger partial charge in [-0.05, 0) is 31.9 Å². The molecule has 0 aliphatic carbocycles. The van der Waals surface area contributed by atoms with Crippen LogP contribution in [0.15, 0.2) is 29.2 Å². The molecule has 4 heteroatoms. The average molecular weight is 251 g/mol. The Morgan fingerprint density at radius 1 is 1.00 bits per heavy atom. The number of hydrogen-bond donors (Lipinski definition) is 0. The van der Waals surface area contributed by atoms with Gasteiger partial charge in [-0.15, -0.1) is 0 Å². The molecular formula is C13H17NO2S. The third-order valence-corrected chi connectivity index (χ3v) is 5.13. The fraction of sp³-hybridized carbons (Fsp3) is 0.385. The third-order valence-electron chi connectivity index (χ3n) is 2.99. The Morgan fingerprint density at radius 3 is 1.94 bits per heavy atom. The van der Waals surface area contributed by atoms with Gasteiger partial charge in [0.1, 0.15) is 0 Å². The lowest BCUT2D eigenvalue weighted by molar-refractivity contribution is 0.487. The van der Waals surface area contributed by atoms with Gasteiger partial charge in [0, 0.05) is 13.1 Å². The van der Waals surface area contributed by atoms with Gasteiger partial charge in [0.2, 0.25) is 10.0 Å². The molecule has 1 aromatic carbocycles. The fourth-order valence-electron chi connectivity index (χ4n) is 2.36. The van der Waals surface area contributed by atoms with Crippen LogP contribution in [0.2, 0.25) is 0 Å². The number of benzene rings is 1. The second-order valence-electron chi connectivity index (χ2n) is 4.52. The smallest absolute Gasteiger partial charge is 0.207 e. The lowest BCUT2D eigenvalue weighted by Gasteiger charge is -2.19. The zero-order chi connectivity index (χ0) is 12.6. The van der Waals surface area contributed by atoms with E-state index in [1.165, 1.54) is 4.31 Å². The second-order valence-corrected chi connectivity index (χ2v) is 6.40. The third kappa shape index (κ3) is 2.15. The largest absolute Gasteiger partial charge is 0.244 e. The minimum atomic E-state index is -3.35. The standard InChI is InChI=1S/C13H17NO2S/c1-10-8-11(2)13(12(3)9-10)17(15,16)14-6-4-5-7-14/h4-5,8-9H,6-7H2,1-3H3. The lowest BCUT2D eigenvalue weighted by atomic mass is 10.1. The topological polar surface area (TPSA) is 37.4 Å². The van der Waals surface area contributed by atoms with E-state index in [1.807, 2.05) is 45.1 Å². The van der Waals surface area contributed by atoms with E-state index in [0.717, 1.165) is 16.7 Å². The van der Waals surface area contributed by atoms with Crippen molar-refractivity contribution in [3.8, 4) is 0 Å². The number of hydrogen-bond acceptors (Lipinski definition) is 2. The predicted molar refractivity (Wildman–Crippen MR) is 68.6 cm³/mol.